The number of carboxylic acids is 1. The van der Waals surface area contributed by atoms with Crippen molar-refractivity contribution in [3.8, 4) is 0 Å². The van der Waals surface area contributed by atoms with E-state index in [-0.39, 0.29) is 16.3 Å². The zero-order valence-corrected chi connectivity index (χ0v) is 12.5. The minimum absolute atomic E-state index is 0.0319. The molecular formula is C15H9Cl2NO4. The number of benzene rings is 2. The summed E-state index contributed by atoms with van der Waals surface area (Å²) < 4.78 is 0. The van der Waals surface area contributed by atoms with Gasteiger partial charge < -0.3 is 5.11 Å². The molecule has 0 aliphatic heterocycles. The van der Waals surface area contributed by atoms with Gasteiger partial charge in [-0.15, -0.1) is 0 Å². The molecule has 0 saturated heterocycles. The zero-order valence-electron chi connectivity index (χ0n) is 11.0. The molecule has 0 saturated carbocycles. The second kappa shape index (κ2) is 6.60. The Morgan fingerprint density at radius 1 is 1.14 bits per heavy atom. The van der Waals surface area contributed by atoms with E-state index in [0.717, 1.165) is 0 Å². The maximum atomic E-state index is 11.4. The number of hydrogen-bond acceptors (Lipinski definition) is 3. The Morgan fingerprint density at radius 3 is 2.27 bits per heavy atom. The third kappa shape index (κ3) is 3.63. The fourth-order valence-corrected chi connectivity index (χ4v) is 2.33. The lowest BCUT2D eigenvalue weighted by molar-refractivity contribution is -0.384. The van der Waals surface area contributed by atoms with E-state index >= 15 is 0 Å². The number of hydrogen-bond donors (Lipinski definition) is 1. The van der Waals surface area contributed by atoms with Crippen LogP contribution in [0.2, 0.25) is 10.0 Å². The van der Waals surface area contributed by atoms with Crippen LogP contribution >= 0.6 is 23.2 Å². The van der Waals surface area contributed by atoms with Gasteiger partial charge in [-0.25, -0.2) is 4.79 Å². The van der Waals surface area contributed by atoms with Crippen molar-refractivity contribution < 1.29 is 14.8 Å². The minimum atomic E-state index is -1.16. The molecule has 1 N–H and O–H groups in total. The van der Waals surface area contributed by atoms with Gasteiger partial charge in [-0.2, -0.15) is 0 Å². The summed E-state index contributed by atoms with van der Waals surface area (Å²) in [5, 5.41) is 20.6. The standard InChI is InChI=1S/C15H9Cl2NO4/c16-10-3-6-12(14(17)8-10)13(15(19)20)7-9-1-4-11(5-2-9)18(21)22/h1-8H,(H,19,20)/b13-7-. The summed E-state index contributed by atoms with van der Waals surface area (Å²) in [6.07, 6.45) is 1.39. The van der Waals surface area contributed by atoms with E-state index in [2.05, 4.69) is 0 Å². The van der Waals surface area contributed by atoms with Gasteiger partial charge in [0.15, 0.2) is 0 Å². The number of rotatable bonds is 4. The van der Waals surface area contributed by atoms with Gasteiger partial charge in [0.05, 0.1) is 15.5 Å². The average molecular weight is 338 g/mol. The number of non-ortho nitro benzene ring substituents is 1. The molecule has 5 nitrogen and oxygen atoms in total. The highest BCUT2D eigenvalue weighted by Gasteiger charge is 2.14. The number of carbonyl (C=O) groups is 1. The van der Waals surface area contributed by atoms with Gasteiger partial charge in [0, 0.05) is 22.7 Å². The Morgan fingerprint density at radius 2 is 1.77 bits per heavy atom. The summed E-state index contributed by atoms with van der Waals surface area (Å²) >= 11 is 11.8. The van der Waals surface area contributed by atoms with Crippen molar-refractivity contribution >= 4 is 46.5 Å². The second-order valence-corrected chi connectivity index (χ2v) is 5.18. The van der Waals surface area contributed by atoms with E-state index in [1.165, 1.54) is 48.5 Å². The van der Waals surface area contributed by atoms with Crippen LogP contribution in [0.4, 0.5) is 5.69 Å². The van der Waals surface area contributed by atoms with Gasteiger partial charge in [0.2, 0.25) is 0 Å². The molecule has 0 bridgehead atoms. The summed E-state index contributed by atoms with van der Waals surface area (Å²) in [6.45, 7) is 0. The first kappa shape index (κ1) is 16.0. The van der Waals surface area contributed by atoms with Crippen LogP contribution in [-0.2, 0) is 4.79 Å². The quantitative estimate of drug-likeness (QED) is 0.384. The van der Waals surface area contributed by atoms with Gasteiger partial charge in [-0.1, -0.05) is 29.3 Å². The van der Waals surface area contributed by atoms with Crippen LogP contribution in [-0.4, -0.2) is 16.0 Å². The molecule has 22 heavy (non-hydrogen) atoms. The summed E-state index contributed by atoms with van der Waals surface area (Å²) in [7, 11) is 0. The van der Waals surface area contributed by atoms with E-state index in [4.69, 9.17) is 23.2 Å². The Balaban J connectivity index is 2.47. The van der Waals surface area contributed by atoms with Crippen molar-refractivity contribution in [2.45, 2.75) is 0 Å². The molecule has 0 radical (unpaired) electrons. The third-order valence-corrected chi connectivity index (χ3v) is 3.41. The second-order valence-electron chi connectivity index (χ2n) is 4.34. The maximum Gasteiger partial charge on any atom is 0.336 e. The molecule has 2 aromatic carbocycles. The number of nitro groups is 1. The van der Waals surface area contributed by atoms with Crippen molar-refractivity contribution in [2.24, 2.45) is 0 Å². The predicted molar refractivity (Wildman–Crippen MR) is 85.1 cm³/mol. The highest BCUT2D eigenvalue weighted by Crippen LogP contribution is 2.29. The first-order valence-electron chi connectivity index (χ1n) is 6.03. The average Bonchev–Trinajstić information content (AvgIpc) is 2.45. The van der Waals surface area contributed by atoms with Crippen molar-refractivity contribution in [3.63, 3.8) is 0 Å². The van der Waals surface area contributed by atoms with E-state index < -0.39 is 10.9 Å². The Kier molecular flexibility index (Phi) is 4.80. The normalized spacial score (nSPS) is 11.3. The number of aliphatic carboxylic acids is 1. The molecule has 2 aromatic rings. The van der Waals surface area contributed by atoms with Crippen LogP contribution in [0.1, 0.15) is 11.1 Å². The Hall–Kier alpha value is -2.37. The zero-order chi connectivity index (χ0) is 16.3. The lowest BCUT2D eigenvalue weighted by atomic mass is 10.0. The smallest absolute Gasteiger partial charge is 0.336 e. The van der Waals surface area contributed by atoms with E-state index in [1.54, 1.807) is 0 Å². The Labute approximate surface area is 135 Å². The fourth-order valence-electron chi connectivity index (χ4n) is 1.82. The molecule has 0 aromatic heterocycles. The molecule has 0 unspecified atom stereocenters. The summed E-state index contributed by atoms with van der Waals surface area (Å²) in [4.78, 5) is 21.5. The first-order valence-corrected chi connectivity index (χ1v) is 6.79. The molecule has 0 aliphatic rings. The molecular weight excluding hydrogens is 329 g/mol. The van der Waals surface area contributed by atoms with Gasteiger partial charge in [0.1, 0.15) is 0 Å². The topological polar surface area (TPSA) is 80.4 Å². The highest BCUT2D eigenvalue weighted by atomic mass is 35.5. The fraction of sp³-hybridized carbons (Fsp3) is 0. The van der Waals surface area contributed by atoms with Crippen LogP contribution in [0.3, 0.4) is 0 Å². The van der Waals surface area contributed by atoms with Gasteiger partial charge in [-0.05, 0) is 35.9 Å². The summed E-state index contributed by atoms with van der Waals surface area (Å²) in [6, 6.07) is 10.0. The van der Waals surface area contributed by atoms with Crippen molar-refractivity contribution in [3.05, 3.63) is 73.8 Å². The first-order chi connectivity index (χ1) is 10.4. The SMILES string of the molecule is O=C(O)/C(=C\c1ccc([N+](=O)[O-])cc1)c1ccc(Cl)cc1Cl. The number of carboxylic acid groups (broad SMARTS) is 1. The van der Waals surface area contributed by atoms with E-state index in [9.17, 15) is 20.0 Å². The molecule has 7 heteroatoms. The van der Waals surface area contributed by atoms with Gasteiger partial charge in [-0.3, -0.25) is 10.1 Å². The highest BCUT2D eigenvalue weighted by molar-refractivity contribution is 6.37. The number of nitrogens with zero attached hydrogens (tertiary/aromatic N) is 1. The monoisotopic (exact) mass is 337 g/mol. The van der Waals surface area contributed by atoms with Crippen LogP contribution < -0.4 is 0 Å². The molecule has 2 rings (SSSR count). The van der Waals surface area contributed by atoms with Crippen LogP contribution in [0.25, 0.3) is 11.6 Å². The van der Waals surface area contributed by atoms with Crippen LogP contribution in [0.15, 0.2) is 42.5 Å². The molecule has 0 aliphatic carbocycles. The maximum absolute atomic E-state index is 11.4. The summed E-state index contributed by atoms with van der Waals surface area (Å²) in [5.41, 5.74) is 0.722. The molecule has 0 spiro atoms. The molecule has 0 atom stereocenters. The molecule has 0 amide bonds. The van der Waals surface area contributed by atoms with E-state index in [1.807, 2.05) is 0 Å². The lowest BCUT2D eigenvalue weighted by Crippen LogP contribution is -2.00. The van der Waals surface area contributed by atoms with Crippen LogP contribution in [0, 0.1) is 10.1 Å². The predicted octanol–water partition coefficient (Wildman–Crippen LogP) is 4.53. The summed E-state index contributed by atoms with van der Waals surface area (Å²) in [5.74, 6) is -1.16. The minimum Gasteiger partial charge on any atom is -0.478 e. The van der Waals surface area contributed by atoms with Crippen molar-refractivity contribution in [1.82, 2.24) is 0 Å². The number of halogens is 2. The van der Waals surface area contributed by atoms with Crippen LogP contribution in [0.5, 0.6) is 0 Å². The molecule has 0 fully saturated rings. The molecule has 0 heterocycles. The number of nitro benzene ring substituents is 1. The largest absolute Gasteiger partial charge is 0.478 e. The molecule has 112 valence electrons. The van der Waals surface area contributed by atoms with Gasteiger partial charge >= 0.3 is 5.97 Å². The van der Waals surface area contributed by atoms with Crippen molar-refractivity contribution in [2.75, 3.05) is 0 Å². The lowest BCUT2D eigenvalue weighted by Gasteiger charge is -2.06. The van der Waals surface area contributed by atoms with E-state index in [0.29, 0.717) is 16.1 Å². The van der Waals surface area contributed by atoms with Crippen molar-refractivity contribution in [1.29, 1.82) is 0 Å². The van der Waals surface area contributed by atoms with Gasteiger partial charge in [0.25, 0.3) is 5.69 Å². The Bertz CT molecular complexity index is 770. The third-order valence-electron chi connectivity index (χ3n) is 2.87.